The van der Waals surface area contributed by atoms with Crippen LogP contribution >= 0.6 is 0 Å². The first-order valence-electron chi connectivity index (χ1n) is 11.1. The molecule has 0 unspecified atom stereocenters. The average molecular weight is 409 g/mol. The fourth-order valence-corrected chi connectivity index (χ4v) is 4.62. The third-order valence-corrected chi connectivity index (χ3v) is 5.96. The topological polar surface area (TPSA) is 74.2 Å². The van der Waals surface area contributed by atoms with E-state index in [4.69, 9.17) is 4.98 Å². The zero-order valence-electron chi connectivity index (χ0n) is 18.3. The summed E-state index contributed by atoms with van der Waals surface area (Å²) < 4.78 is 0. The van der Waals surface area contributed by atoms with Gasteiger partial charge in [0.25, 0.3) is 0 Å². The Balaban J connectivity index is 1.50. The SMILES string of the molecule is Cc1cc(Nc2nc(C)cc(C)n2)cc([C@@H]2CCCN2CC(=O)N2CCCCC2)n1. The molecule has 2 fully saturated rings. The van der Waals surface area contributed by atoms with Crippen LogP contribution in [0.4, 0.5) is 11.6 Å². The maximum absolute atomic E-state index is 12.8. The summed E-state index contributed by atoms with van der Waals surface area (Å²) in [5.74, 6) is 0.865. The van der Waals surface area contributed by atoms with Crippen LogP contribution in [0.5, 0.6) is 0 Å². The van der Waals surface area contributed by atoms with Gasteiger partial charge in [0.15, 0.2) is 0 Å². The number of amides is 1. The van der Waals surface area contributed by atoms with E-state index in [1.807, 2.05) is 37.8 Å². The molecule has 0 bridgehead atoms. The van der Waals surface area contributed by atoms with Crippen molar-refractivity contribution in [1.82, 2.24) is 24.8 Å². The van der Waals surface area contributed by atoms with Crippen LogP contribution in [0, 0.1) is 20.8 Å². The van der Waals surface area contributed by atoms with Gasteiger partial charge in [-0.3, -0.25) is 14.7 Å². The number of aryl methyl sites for hydroxylation is 3. The minimum atomic E-state index is 0.180. The van der Waals surface area contributed by atoms with Crippen LogP contribution in [0.2, 0.25) is 0 Å². The summed E-state index contributed by atoms with van der Waals surface area (Å²) in [6.07, 6.45) is 5.62. The van der Waals surface area contributed by atoms with Gasteiger partial charge in [-0.15, -0.1) is 0 Å². The Kier molecular flexibility index (Phi) is 6.27. The third kappa shape index (κ3) is 4.95. The lowest BCUT2D eigenvalue weighted by molar-refractivity contribution is -0.133. The van der Waals surface area contributed by atoms with E-state index < -0.39 is 0 Å². The van der Waals surface area contributed by atoms with Gasteiger partial charge in [0, 0.05) is 35.9 Å². The second-order valence-corrected chi connectivity index (χ2v) is 8.59. The average Bonchev–Trinajstić information content (AvgIpc) is 3.15. The zero-order valence-corrected chi connectivity index (χ0v) is 18.3. The summed E-state index contributed by atoms with van der Waals surface area (Å²) in [4.78, 5) is 30.9. The molecule has 1 N–H and O–H groups in total. The van der Waals surface area contributed by atoms with E-state index in [0.717, 1.165) is 73.8 Å². The van der Waals surface area contributed by atoms with Gasteiger partial charge in [-0.2, -0.15) is 0 Å². The van der Waals surface area contributed by atoms with Crippen molar-refractivity contribution in [1.29, 1.82) is 0 Å². The molecule has 7 nitrogen and oxygen atoms in total. The molecule has 0 spiro atoms. The van der Waals surface area contributed by atoms with Gasteiger partial charge < -0.3 is 10.2 Å². The highest BCUT2D eigenvalue weighted by molar-refractivity contribution is 5.78. The first-order chi connectivity index (χ1) is 14.5. The molecule has 160 valence electrons. The number of likely N-dealkylation sites (tertiary alicyclic amines) is 2. The van der Waals surface area contributed by atoms with E-state index in [-0.39, 0.29) is 11.9 Å². The smallest absolute Gasteiger partial charge is 0.236 e. The van der Waals surface area contributed by atoms with Crippen molar-refractivity contribution in [3.05, 3.63) is 41.0 Å². The van der Waals surface area contributed by atoms with E-state index in [1.165, 1.54) is 6.42 Å². The van der Waals surface area contributed by atoms with E-state index >= 15 is 0 Å². The molecular weight excluding hydrogens is 376 g/mol. The van der Waals surface area contributed by atoms with E-state index in [2.05, 4.69) is 26.3 Å². The minimum absolute atomic E-state index is 0.180. The molecule has 1 atom stereocenters. The Labute approximate surface area is 178 Å². The monoisotopic (exact) mass is 408 g/mol. The molecule has 0 aliphatic carbocycles. The molecule has 4 rings (SSSR count). The Morgan fingerprint density at radius 3 is 2.37 bits per heavy atom. The first-order valence-corrected chi connectivity index (χ1v) is 11.1. The van der Waals surface area contributed by atoms with E-state index in [0.29, 0.717) is 12.5 Å². The van der Waals surface area contributed by atoms with Crippen LogP contribution in [0.3, 0.4) is 0 Å². The summed E-state index contributed by atoms with van der Waals surface area (Å²) in [5, 5.41) is 3.34. The van der Waals surface area contributed by atoms with Gasteiger partial charge in [-0.25, -0.2) is 9.97 Å². The second kappa shape index (κ2) is 9.08. The number of aromatic nitrogens is 3. The number of piperidine rings is 1. The van der Waals surface area contributed by atoms with Gasteiger partial charge >= 0.3 is 0 Å². The zero-order chi connectivity index (χ0) is 21.1. The summed E-state index contributed by atoms with van der Waals surface area (Å²) in [7, 11) is 0. The number of anilines is 2. The minimum Gasteiger partial charge on any atom is -0.342 e. The molecule has 7 heteroatoms. The highest BCUT2D eigenvalue weighted by Crippen LogP contribution is 2.32. The molecule has 2 aliphatic rings. The molecule has 0 radical (unpaired) electrons. The normalized spacial score (nSPS) is 19.8. The molecule has 2 aromatic heterocycles. The van der Waals surface area contributed by atoms with Crippen LogP contribution in [-0.4, -0.2) is 56.8 Å². The van der Waals surface area contributed by atoms with Gasteiger partial charge in [-0.1, -0.05) is 0 Å². The molecule has 2 aromatic rings. The summed E-state index contributed by atoms with van der Waals surface area (Å²) >= 11 is 0. The largest absolute Gasteiger partial charge is 0.342 e. The van der Waals surface area contributed by atoms with Crippen LogP contribution < -0.4 is 5.32 Å². The predicted octanol–water partition coefficient (Wildman–Crippen LogP) is 3.69. The molecular formula is C23H32N6O. The van der Waals surface area contributed by atoms with Gasteiger partial charge in [0.05, 0.1) is 18.3 Å². The Hall–Kier alpha value is -2.54. The Morgan fingerprint density at radius 1 is 0.933 bits per heavy atom. The van der Waals surface area contributed by atoms with Crippen molar-refractivity contribution in [2.75, 3.05) is 31.5 Å². The maximum atomic E-state index is 12.8. The predicted molar refractivity (Wildman–Crippen MR) is 118 cm³/mol. The number of nitrogens with one attached hydrogen (secondary N) is 1. The van der Waals surface area contributed by atoms with Crippen molar-refractivity contribution >= 4 is 17.5 Å². The molecule has 0 aromatic carbocycles. The summed E-state index contributed by atoms with van der Waals surface area (Å²) in [5.41, 5.74) is 4.79. The highest BCUT2D eigenvalue weighted by Gasteiger charge is 2.30. The Morgan fingerprint density at radius 2 is 1.63 bits per heavy atom. The van der Waals surface area contributed by atoms with Crippen LogP contribution in [0.1, 0.15) is 60.9 Å². The molecule has 2 aliphatic heterocycles. The summed E-state index contributed by atoms with van der Waals surface area (Å²) in [6, 6.07) is 6.24. The maximum Gasteiger partial charge on any atom is 0.236 e. The third-order valence-electron chi connectivity index (χ3n) is 5.96. The van der Waals surface area contributed by atoms with Crippen molar-refractivity contribution in [3.8, 4) is 0 Å². The molecule has 1 amide bonds. The van der Waals surface area contributed by atoms with E-state index in [1.54, 1.807) is 0 Å². The van der Waals surface area contributed by atoms with Crippen LogP contribution in [0.25, 0.3) is 0 Å². The van der Waals surface area contributed by atoms with Crippen molar-refractivity contribution in [2.45, 2.75) is 58.9 Å². The number of hydrogen-bond donors (Lipinski definition) is 1. The lowest BCUT2D eigenvalue weighted by atomic mass is 10.1. The Bertz CT molecular complexity index is 888. The number of nitrogens with zero attached hydrogens (tertiary/aromatic N) is 5. The fraction of sp³-hybridized carbons (Fsp3) is 0.565. The molecule has 0 saturated carbocycles. The molecule has 30 heavy (non-hydrogen) atoms. The standard InChI is InChI=1S/C23H32N6O/c1-16-12-17(2)26-23(25-16)27-19-13-18(3)24-20(14-19)21-8-7-11-29(21)15-22(30)28-9-5-4-6-10-28/h12-14,21H,4-11,15H2,1-3H3,(H,24,25,26,27)/t21-/m0/s1. The number of rotatable bonds is 5. The lowest BCUT2D eigenvalue weighted by Crippen LogP contribution is -2.42. The van der Waals surface area contributed by atoms with Crippen molar-refractivity contribution in [2.24, 2.45) is 0 Å². The fourth-order valence-electron chi connectivity index (χ4n) is 4.62. The number of hydrogen-bond acceptors (Lipinski definition) is 6. The van der Waals surface area contributed by atoms with Gasteiger partial charge in [0.2, 0.25) is 11.9 Å². The van der Waals surface area contributed by atoms with Crippen molar-refractivity contribution < 1.29 is 4.79 Å². The lowest BCUT2D eigenvalue weighted by Gasteiger charge is -2.30. The first kappa shape index (κ1) is 20.7. The quantitative estimate of drug-likeness (QED) is 0.813. The summed E-state index contributed by atoms with van der Waals surface area (Å²) in [6.45, 7) is 9.20. The highest BCUT2D eigenvalue weighted by atomic mass is 16.2. The number of carbonyl (C=O) groups excluding carboxylic acids is 1. The number of carbonyl (C=O) groups is 1. The van der Waals surface area contributed by atoms with E-state index in [9.17, 15) is 4.79 Å². The van der Waals surface area contributed by atoms with Gasteiger partial charge in [0.1, 0.15) is 0 Å². The molecule has 2 saturated heterocycles. The van der Waals surface area contributed by atoms with Crippen LogP contribution in [-0.2, 0) is 4.79 Å². The number of pyridine rings is 1. The van der Waals surface area contributed by atoms with Crippen LogP contribution in [0.15, 0.2) is 18.2 Å². The molecule has 4 heterocycles. The van der Waals surface area contributed by atoms with Gasteiger partial charge in [-0.05, 0) is 77.6 Å². The van der Waals surface area contributed by atoms with Crippen molar-refractivity contribution in [3.63, 3.8) is 0 Å². The second-order valence-electron chi connectivity index (χ2n) is 8.59.